The van der Waals surface area contributed by atoms with Crippen LogP contribution in [0, 0.1) is 0 Å². The minimum absolute atomic E-state index is 0. The van der Waals surface area contributed by atoms with Crippen molar-refractivity contribution in [2.24, 2.45) is 5.73 Å². The minimum Gasteiger partial charge on any atom is -0.394 e. The highest BCUT2D eigenvalue weighted by molar-refractivity contribution is 5.85. The fourth-order valence-corrected chi connectivity index (χ4v) is 0.650. The summed E-state index contributed by atoms with van der Waals surface area (Å²) in [7, 11) is 0. The highest BCUT2D eigenvalue weighted by Gasteiger charge is 2.13. The van der Waals surface area contributed by atoms with Gasteiger partial charge in [0.2, 0.25) is 0 Å². The Bertz CT molecular complexity index is 66.1. The van der Waals surface area contributed by atoms with Crippen molar-refractivity contribution in [2.75, 3.05) is 6.61 Å². The van der Waals surface area contributed by atoms with E-state index in [2.05, 4.69) is 6.92 Å². The van der Waals surface area contributed by atoms with Crippen molar-refractivity contribution < 1.29 is 5.11 Å². The monoisotopic (exact) mass is 153 g/mol. The first-order valence-electron chi connectivity index (χ1n) is 3.02. The second kappa shape index (κ2) is 5.03. The molecule has 0 heterocycles. The molecule has 3 heteroatoms. The molecule has 0 saturated carbocycles. The van der Waals surface area contributed by atoms with E-state index in [1.165, 1.54) is 0 Å². The van der Waals surface area contributed by atoms with Gasteiger partial charge in [0.15, 0.2) is 0 Å². The molecular formula is C6H16ClNO. The number of aliphatic hydroxyl groups excluding tert-OH is 1. The quantitative estimate of drug-likeness (QED) is 0.634. The number of hydrogen-bond donors (Lipinski definition) is 2. The van der Waals surface area contributed by atoms with E-state index >= 15 is 0 Å². The summed E-state index contributed by atoms with van der Waals surface area (Å²) in [6.07, 6.45) is 1.93. The summed E-state index contributed by atoms with van der Waals surface area (Å²) >= 11 is 0. The first kappa shape index (κ1) is 11.9. The van der Waals surface area contributed by atoms with Crippen LogP contribution in [0.5, 0.6) is 0 Å². The molecule has 0 amide bonds. The van der Waals surface area contributed by atoms with Crippen molar-refractivity contribution in [3.05, 3.63) is 0 Å². The molecule has 0 rings (SSSR count). The lowest BCUT2D eigenvalue weighted by molar-refractivity contribution is 0.199. The molecule has 2 nitrogen and oxygen atoms in total. The van der Waals surface area contributed by atoms with Gasteiger partial charge in [-0.1, -0.05) is 13.3 Å². The molecule has 0 aromatic rings. The topological polar surface area (TPSA) is 46.2 Å². The van der Waals surface area contributed by atoms with Gasteiger partial charge in [0.25, 0.3) is 0 Å². The van der Waals surface area contributed by atoms with Gasteiger partial charge < -0.3 is 10.8 Å². The molecule has 0 aromatic carbocycles. The number of aliphatic hydroxyl groups is 1. The van der Waals surface area contributed by atoms with Gasteiger partial charge in [-0.2, -0.15) is 0 Å². The summed E-state index contributed by atoms with van der Waals surface area (Å²) < 4.78 is 0. The Hall–Kier alpha value is 0.210. The van der Waals surface area contributed by atoms with E-state index in [-0.39, 0.29) is 24.6 Å². The summed E-state index contributed by atoms with van der Waals surface area (Å²) in [5.74, 6) is 0. The molecule has 0 fully saturated rings. The smallest absolute Gasteiger partial charge is 0.0608 e. The predicted octanol–water partition coefficient (Wildman–Crippen LogP) is 0.918. The van der Waals surface area contributed by atoms with Gasteiger partial charge in [0, 0.05) is 5.54 Å². The lowest BCUT2D eigenvalue weighted by Crippen LogP contribution is -2.39. The third kappa shape index (κ3) is 6.09. The molecule has 0 bridgehead atoms. The second-order valence-electron chi connectivity index (χ2n) is 2.56. The van der Waals surface area contributed by atoms with Crippen LogP contribution in [-0.2, 0) is 0 Å². The number of halogens is 1. The standard InChI is InChI=1S/C6H15NO.ClH/c1-3-4-6(2,7)5-8;/h8H,3-5,7H2,1-2H3;1H/t6-;/m1./s1. The van der Waals surface area contributed by atoms with Crippen molar-refractivity contribution >= 4 is 12.4 Å². The van der Waals surface area contributed by atoms with E-state index in [4.69, 9.17) is 10.8 Å². The molecule has 3 N–H and O–H groups in total. The van der Waals surface area contributed by atoms with E-state index in [0.717, 1.165) is 12.8 Å². The summed E-state index contributed by atoms with van der Waals surface area (Å²) in [5.41, 5.74) is 5.22. The molecule has 0 aliphatic rings. The predicted molar refractivity (Wildman–Crippen MR) is 41.8 cm³/mol. The second-order valence-corrected chi connectivity index (χ2v) is 2.56. The third-order valence-electron chi connectivity index (χ3n) is 1.18. The molecule has 0 unspecified atom stereocenters. The van der Waals surface area contributed by atoms with Crippen molar-refractivity contribution in [3.8, 4) is 0 Å². The van der Waals surface area contributed by atoms with E-state index in [1.807, 2.05) is 6.92 Å². The van der Waals surface area contributed by atoms with Crippen LogP contribution in [0.2, 0.25) is 0 Å². The van der Waals surface area contributed by atoms with Gasteiger partial charge in [0.05, 0.1) is 6.61 Å². The van der Waals surface area contributed by atoms with Gasteiger partial charge in [-0.15, -0.1) is 12.4 Å². The largest absolute Gasteiger partial charge is 0.394 e. The molecule has 0 saturated heterocycles. The Kier molecular flexibility index (Phi) is 6.68. The molecule has 0 aliphatic heterocycles. The van der Waals surface area contributed by atoms with Gasteiger partial charge in [-0.3, -0.25) is 0 Å². The first-order valence-corrected chi connectivity index (χ1v) is 3.02. The molecule has 1 atom stereocenters. The summed E-state index contributed by atoms with van der Waals surface area (Å²) in [5, 5.41) is 8.60. The summed E-state index contributed by atoms with van der Waals surface area (Å²) in [6, 6.07) is 0. The Morgan fingerprint density at radius 1 is 1.56 bits per heavy atom. The van der Waals surface area contributed by atoms with Crippen LogP contribution >= 0.6 is 12.4 Å². The van der Waals surface area contributed by atoms with E-state index in [0.29, 0.717) is 0 Å². The van der Waals surface area contributed by atoms with E-state index in [1.54, 1.807) is 0 Å². The Morgan fingerprint density at radius 3 is 2.11 bits per heavy atom. The zero-order chi connectivity index (χ0) is 6.62. The molecule has 9 heavy (non-hydrogen) atoms. The fraction of sp³-hybridized carbons (Fsp3) is 1.00. The lowest BCUT2D eigenvalue weighted by Gasteiger charge is -2.19. The third-order valence-corrected chi connectivity index (χ3v) is 1.18. The van der Waals surface area contributed by atoms with Crippen LogP contribution in [0.3, 0.4) is 0 Å². The zero-order valence-electron chi connectivity index (χ0n) is 6.05. The van der Waals surface area contributed by atoms with E-state index < -0.39 is 0 Å². The number of nitrogens with two attached hydrogens (primary N) is 1. The van der Waals surface area contributed by atoms with Crippen LogP contribution < -0.4 is 5.73 Å². The Labute approximate surface area is 62.9 Å². The van der Waals surface area contributed by atoms with Gasteiger partial charge >= 0.3 is 0 Å². The van der Waals surface area contributed by atoms with Crippen molar-refractivity contribution in [2.45, 2.75) is 32.2 Å². The maximum Gasteiger partial charge on any atom is 0.0608 e. The molecule has 0 spiro atoms. The van der Waals surface area contributed by atoms with Crippen LogP contribution in [0.1, 0.15) is 26.7 Å². The van der Waals surface area contributed by atoms with Gasteiger partial charge in [-0.25, -0.2) is 0 Å². The van der Waals surface area contributed by atoms with Crippen molar-refractivity contribution in [3.63, 3.8) is 0 Å². The van der Waals surface area contributed by atoms with Gasteiger partial charge in [0.1, 0.15) is 0 Å². The summed E-state index contributed by atoms with van der Waals surface area (Å²) in [6.45, 7) is 4.00. The highest BCUT2D eigenvalue weighted by atomic mass is 35.5. The highest BCUT2D eigenvalue weighted by Crippen LogP contribution is 2.05. The fourth-order valence-electron chi connectivity index (χ4n) is 0.650. The SMILES string of the molecule is CCC[C@@](C)(N)CO.Cl. The van der Waals surface area contributed by atoms with Crippen LogP contribution in [0.4, 0.5) is 0 Å². The molecule has 0 aliphatic carbocycles. The maximum atomic E-state index is 8.60. The summed E-state index contributed by atoms with van der Waals surface area (Å²) in [4.78, 5) is 0. The molecular weight excluding hydrogens is 138 g/mol. The maximum absolute atomic E-state index is 8.60. The molecule has 58 valence electrons. The van der Waals surface area contributed by atoms with Crippen LogP contribution in [0.15, 0.2) is 0 Å². The minimum atomic E-state index is -0.352. The average molecular weight is 154 g/mol. The number of hydrogen-bond acceptors (Lipinski definition) is 2. The van der Waals surface area contributed by atoms with Crippen LogP contribution in [-0.4, -0.2) is 17.3 Å². The molecule has 0 aromatic heterocycles. The first-order chi connectivity index (χ1) is 3.62. The van der Waals surface area contributed by atoms with Crippen LogP contribution in [0.25, 0.3) is 0 Å². The number of rotatable bonds is 3. The van der Waals surface area contributed by atoms with Crippen molar-refractivity contribution in [1.82, 2.24) is 0 Å². The normalized spacial score (nSPS) is 16.0. The van der Waals surface area contributed by atoms with E-state index in [9.17, 15) is 0 Å². The van der Waals surface area contributed by atoms with Crippen molar-refractivity contribution in [1.29, 1.82) is 0 Å². The lowest BCUT2D eigenvalue weighted by atomic mass is 9.99. The Morgan fingerprint density at radius 2 is 2.00 bits per heavy atom. The Balaban J connectivity index is 0. The average Bonchev–Trinajstić information content (AvgIpc) is 1.67. The molecule has 0 radical (unpaired) electrons. The zero-order valence-corrected chi connectivity index (χ0v) is 6.87. The van der Waals surface area contributed by atoms with Gasteiger partial charge in [-0.05, 0) is 13.3 Å².